The molecule has 6 heteroatoms. The largest absolute Gasteiger partial charge is 0.381 e. The summed E-state index contributed by atoms with van der Waals surface area (Å²) >= 11 is 0. The van der Waals surface area contributed by atoms with Crippen molar-refractivity contribution in [2.24, 2.45) is 4.99 Å². The highest BCUT2D eigenvalue weighted by Crippen LogP contribution is 2.26. The molecule has 2 saturated heterocycles. The van der Waals surface area contributed by atoms with E-state index in [0.29, 0.717) is 6.10 Å². The topological polar surface area (TPSA) is 66.9 Å². The van der Waals surface area contributed by atoms with Gasteiger partial charge in [-0.05, 0) is 45.1 Å². The van der Waals surface area contributed by atoms with Gasteiger partial charge in [-0.3, -0.25) is 4.99 Å². The van der Waals surface area contributed by atoms with E-state index >= 15 is 0 Å². The molecular weight excluding hydrogens is 352 g/mol. The first-order valence-electron chi connectivity index (χ1n) is 10.7. The number of guanidine groups is 1. The van der Waals surface area contributed by atoms with E-state index in [4.69, 9.17) is 14.5 Å². The van der Waals surface area contributed by atoms with Gasteiger partial charge in [-0.1, -0.05) is 30.3 Å². The average Bonchev–Trinajstić information content (AvgIpc) is 3.25. The van der Waals surface area contributed by atoms with Crippen molar-refractivity contribution < 1.29 is 9.47 Å². The van der Waals surface area contributed by atoms with E-state index in [1.807, 2.05) is 0 Å². The highest BCUT2D eigenvalue weighted by molar-refractivity contribution is 5.79. The van der Waals surface area contributed by atoms with Crippen LogP contribution in [0.25, 0.3) is 0 Å². The molecule has 2 heterocycles. The van der Waals surface area contributed by atoms with Gasteiger partial charge in [-0.25, -0.2) is 0 Å². The second-order valence-corrected chi connectivity index (χ2v) is 7.88. The molecule has 2 unspecified atom stereocenters. The summed E-state index contributed by atoms with van der Waals surface area (Å²) in [4.78, 5) is 4.94. The van der Waals surface area contributed by atoms with Crippen LogP contribution in [0.15, 0.2) is 35.3 Å². The minimum absolute atomic E-state index is 0.0419. The van der Waals surface area contributed by atoms with Crippen LogP contribution >= 0.6 is 0 Å². The predicted molar refractivity (Wildman–Crippen MR) is 114 cm³/mol. The molecule has 2 atom stereocenters. The number of aliphatic imine (C=N–C) groups is 1. The highest BCUT2D eigenvalue weighted by Gasteiger charge is 2.34. The summed E-state index contributed by atoms with van der Waals surface area (Å²) in [5.41, 5.74) is 1.26. The van der Waals surface area contributed by atoms with Crippen LogP contribution < -0.4 is 16.0 Å². The van der Waals surface area contributed by atoms with Crippen LogP contribution in [0.1, 0.15) is 51.1 Å². The van der Waals surface area contributed by atoms with Crippen molar-refractivity contribution >= 4 is 5.96 Å². The van der Waals surface area contributed by atoms with Crippen molar-refractivity contribution in [2.75, 3.05) is 39.5 Å². The minimum atomic E-state index is -0.0419. The first-order chi connectivity index (χ1) is 13.7. The summed E-state index contributed by atoms with van der Waals surface area (Å²) < 4.78 is 11.4. The monoisotopic (exact) mass is 388 g/mol. The van der Waals surface area contributed by atoms with Gasteiger partial charge in [0, 0.05) is 44.5 Å². The van der Waals surface area contributed by atoms with E-state index in [1.54, 1.807) is 0 Å². The molecule has 0 spiro atoms. The number of benzene rings is 1. The van der Waals surface area contributed by atoms with E-state index in [9.17, 15) is 0 Å². The standard InChI is InChI=1S/C22H36N4O2/c1-3-23-21(24-16-20-10-7-13-28-20)25-17-22(11-14-27-15-12-22)26-18(2)19-8-5-4-6-9-19/h4-6,8-9,18,20,26H,3,7,10-17H2,1-2H3,(H2,23,24,25). The van der Waals surface area contributed by atoms with Crippen molar-refractivity contribution in [2.45, 2.75) is 57.2 Å². The van der Waals surface area contributed by atoms with Crippen LogP contribution in [0.2, 0.25) is 0 Å². The molecule has 1 aromatic rings. The van der Waals surface area contributed by atoms with E-state index in [-0.39, 0.29) is 11.6 Å². The van der Waals surface area contributed by atoms with E-state index < -0.39 is 0 Å². The highest BCUT2D eigenvalue weighted by atomic mass is 16.5. The molecule has 3 rings (SSSR count). The fraction of sp³-hybridized carbons (Fsp3) is 0.682. The van der Waals surface area contributed by atoms with Gasteiger partial charge in [0.2, 0.25) is 0 Å². The summed E-state index contributed by atoms with van der Waals surface area (Å²) in [5, 5.41) is 10.7. The second kappa shape index (κ2) is 10.8. The molecule has 0 radical (unpaired) electrons. The lowest BCUT2D eigenvalue weighted by atomic mass is 9.88. The Morgan fingerprint density at radius 1 is 1.18 bits per heavy atom. The molecule has 0 aliphatic carbocycles. The Bertz CT molecular complexity index is 596. The van der Waals surface area contributed by atoms with Gasteiger partial charge in [-0.15, -0.1) is 0 Å². The zero-order valence-electron chi connectivity index (χ0n) is 17.4. The third-order valence-electron chi connectivity index (χ3n) is 5.68. The van der Waals surface area contributed by atoms with Crippen molar-refractivity contribution in [3.05, 3.63) is 35.9 Å². The molecule has 2 aliphatic rings. The molecular formula is C22H36N4O2. The average molecular weight is 389 g/mol. The van der Waals surface area contributed by atoms with E-state index in [1.165, 1.54) is 5.56 Å². The number of nitrogens with one attached hydrogen (secondary N) is 3. The van der Waals surface area contributed by atoms with Gasteiger partial charge in [0.25, 0.3) is 0 Å². The van der Waals surface area contributed by atoms with Crippen molar-refractivity contribution in [3.63, 3.8) is 0 Å². The molecule has 0 saturated carbocycles. The Hall–Kier alpha value is -1.63. The number of hydrogen-bond acceptors (Lipinski definition) is 4. The summed E-state index contributed by atoms with van der Waals surface area (Å²) in [6.07, 6.45) is 4.53. The zero-order chi connectivity index (χ0) is 19.7. The van der Waals surface area contributed by atoms with Gasteiger partial charge in [0.05, 0.1) is 12.6 Å². The first kappa shape index (κ1) is 21.1. The van der Waals surface area contributed by atoms with Crippen molar-refractivity contribution in [1.82, 2.24) is 16.0 Å². The van der Waals surface area contributed by atoms with E-state index in [0.717, 1.165) is 71.1 Å². The minimum Gasteiger partial charge on any atom is -0.381 e. The molecule has 0 bridgehead atoms. The number of rotatable bonds is 8. The molecule has 6 nitrogen and oxygen atoms in total. The molecule has 0 aromatic heterocycles. The Balaban J connectivity index is 1.64. The van der Waals surface area contributed by atoms with E-state index in [2.05, 4.69) is 60.1 Å². The Morgan fingerprint density at radius 2 is 1.96 bits per heavy atom. The lowest BCUT2D eigenvalue weighted by Crippen LogP contribution is -2.53. The van der Waals surface area contributed by atoms with Crippen molar-refractivity contribution in [1.29, 1.82) is 0 Å². The van der Waals surface area contributed by atoms with Gasteiger partial charge >= 0.3 is 0 Å². The van der Waals surface area contributed by atoms with Crippen LogP contribution in [0.4, 0.5) is 0 Å². The van der Waals surface area contributed by atoms with Gasteiger partial charge in [-0.2, -0.15) is 0 Å². The van der Waals surface area contributed by atoms with Crippen molar-refractivity contribution in [3.8, 4) is 0 Å². The fourth-order valence-corrected chi connectivity index (χ4v) is 3.98. The molecule has 156 valence electrons. The number of ether oxygens (including phenoxy) is 2. The first-order valence-corrected chi connectivity index (χ1v) is 10.7. The van der Waals surface area contributed by atoms with Gasteiger partial charge < -0.3 is 25.4 Å². The molecule has 0 amide bonds. The smallest absolute Gasteiger partial charge is 0.191 e. The lowest BCUT2D eigenvalue weighted by Gasteiger charge is -2.39. The summed E-state index contributed by atoms with van der Waals surface area (Å²) in [6, 6.07) is 10.9. The van der Waals surface area contributed by atoms with Crippen LogP contribution in [0, 0.1) is 0 Å². The molecule has 1 aromatic carbocycles. The number of nitrogens with zero attached hydrogens (tertiary/aromatic N) is 1. The Morgan fingerprint density at radius 3 is 2.64 bits per heavy atom. The van der Waals surface area contributed by atoms with Gasteiger partial charge in [0.15, 0.2) is 5.96 Å². The van der Waals surface area contributed by atoms with Gasteiger partial charge in [0.1, 0.15) is 0 Å². The maximum atomic E-state index is 5.72. The van der Waals surface area contributed by atoms with Crippen LogP contribution in [-0.4, -0.2) is 57.1 Å². The zero-order valence-corrected chi connectivity index (χ0v) is 17.4. The second-order valence-electron chi connectivity index (χ2n) is 7.88. The maximum Gasteiger partial charge on any atom is 0.191 e. The summed E-state index contributed by atoms with van der Waals surface area (Å²) in [5.74, 6) is 0.873. The number of hydrogen-bond donors (Lipinski definition) is 3. The Kier molecular flexibility index (Phi) is 8.13. The predicted octanol–water partition coefficient (Wildman–Crippen LogP) is 2.62. The molecule has 2 aliphatic heterocycles. The normalized spacial score (nSPS) is 23.4. The van der Waals surface area contributed by atoms with Crippen LogP contribution in [0.5, 0.6) is 0 Å². The molecule has 28 heavy (non-hydrogen) atoms. The lowest BCUT2D eigenvalue weighted by molar-refractivity contribution is 0.0374. The molecule has 2 fully saturated rings. The third-order valence-corrected chi connectivity index (χ3v) is 5.68. The maximum absolute atomic E-state index is 5.72. The Labute approximate surface area is 169 Å². The third kappa shape index (κ3) is 6.19. The molecule has 3 N–H and O–H groups in total. The fourth-order valence-electron chi connectivity index (χ4n) is 3.98. The van der Waals surface area contributed by atoms with Crippen LogP contribution in [-0.2, 0) is 9.47 Å². The SMILES string of the molecule is CCNC(=NCC1(NC(C)c2ccccc2)CCOCC1)NCC1CCCO1. The summed E-state index contributed by atoms with van der Waals surface area (Å²) in [7, 11) is 0. The quantitative estimate of drug-likeness (QED) is 0.472. The summed E-state index contributed by atoms with van der Waals surface area (Å²) in [6.45, 7) is 9.17. The van der Waals surface area contributed by atoms with Crippen LogP contribution in [0.3, 0.4) is 0 Å².